The van der Waals surface area contributed by atoms with Gasteiger partial charge >= 0.3 is 0 Å². The van der Waals surface area contributed by atoms with Crippen molar-refractivity contribution in [2.75, 3.05) is 13.1 Å². The summed E-state index contributed by atoms with van der Waals surface area (Å²) in [6.45, 7) is 8.11. The number of likely N-dealkylation sites (tertiary alicyclic amines) is 1. The largest absolute Gasteiger partial charge is 0.363 e. The second-order valence-electron chi connectivity index (χ2n) is 3.75. The van der Waals surface area contributed by atoms with Crippen LogP contribution in [0, 0.1) is 0 Å². The van der Waals surface area contributed by atoms with Crippen LogP contribution in [0.5, 0.6) is 0 Å². The second-order valence-corrected chi connectivity index (χ2v) is 4.14. The maximum Gasteiger partial charge on any atom is 0.104 e. The van der Waals surface area contributed by atoms with E-state index >= 15 is 0 Å². The number of thiocarbonyl (C=S) groups is 1. The van der Waals surface area contributed by atoms with Crippen molar-refractivity contribution in [2.24, 2.45) is 0 Å². The summed E-state index contributed by atoms with van der Waals surface area (Å²) in [5.74, 6) is 0. The Morgan fingerprint density at radius 2 is 2.00 bits per heavy atom. The van der Waals surface area contributed by atoms with Crippen LogP contribution in [-0.2, 0) is 0 Å². The lowest BCUT2D eigenvalue weighted by atomic mass is 10.2. The van der Waals surface area contributed by atoms with Gasteiger partial charge < -0.3 is 4.90 Å². The molecule has 0 amide bonds. The van der Waals surface area contributed by atoms with Gasteiger partial charge in [-0.25, -0.2) is 0 Å². The van der Waals surface area contributed by atoms with Gasteiger partial charge in [-0.1, -0.05) is 24.4 Å². The van der Waals surface area contributed by atoms with Crippen LogP contribution in [0.1, 0.15) is 32.6 Å². The van der Waals surface area contributed by atoms with Gasteiger partial charge in [0, 0.05) is 13.1 Å². The molecule has 0 saturated carbocycles. The molecule has 1 nitrogen and oxygen atoms in total. The van der Waals surface area contributed by atoms with Crippen molar-refractivity contribution in [1.29, 1.82) is 0 Å². The fraction of sp³-hybridized carbons (Fsp3) is 0.583. The zero-order chi connectivity index (χ0) is 10.4. The summed E-state index contributed by atoms with van der Waals surface area (Å²) in [5, 5.41) is 0. The molecule has 0 aromatic carbocycles. The zero-order valence-electron chi connectivity index (χ0n) is 8.96. The molecule has 14 heavy (non-hydrogen) atoms. The van der Waals surface area contributed by atoms with E-state index in [4.69, 9.17) is 12.2 Å². The van der Waals surface area contributed by atoms with Gasteiger partial charge in [-0.2, -0.15) is 0 Å². The third kappa shape index (κ3) is 3.26. The Labute approximate surface area is 92.5 Å². The van der Waals surface area contributed by atoms with Gasteiger partial charge in [0.1, 0.15) is 4.99 Å². The fourth-order valence-corrected chi connectivity index (χ4v) is 1.94. The highest BCUT2D eigenvalue weighted by Crippen LogP contribution is 2.13. The molecule has 1 aliphatic rings. The third-order valence-corrected chi connectivity index (χ3v) is 3.13. The van der Waals surface area contributed by atoms with Crippen molar-refractivity contribution in [3.63, 3.8) is 0 Å². The third-order valence-electron chi connectivity index (χ3n) is 2.55. The highest BCUT2D eigenvalue weighted by molar-refractivity contribution is 7.80. The number of hydrogen-bond acceptors (Lipinski definition) is 1. The maximum atomic E-state index is 5.42. The minimum Gasteiger partial charge on any atom is -0.363 e. The molecule has 0 bridgehead atoms. The Kier molecular flexibility index (Phi) is 4.88. The van der Waals surface area contributed by atoms with E-state index in [1.54, 1.807) is 0 Å². The molecule has 1 fully saturated rings. The van der Waals surface area contributed by atoms with Gasteiger partial charge in [-0.15, -0.1) is 6.58 Å². The van der Waals surface area contributed by atoms with Gasteiger partial charge in [0.15, 0.2) is 0 Å². The Morgan fingerprint density at radius 3 is 2.57 bits per heavy atom. The number of hydrogen-bond donors (Lipinski definition) is 0. The number of unbranched alkanes of at least 4 members (excludes halogenated alkanes) is 1. The Balaban J connectivity index is 2.41. The van der Waals surface area contributed by atoms with E-state index in [0.717, 1.165) is 30.9 Å². The van der Waals surface area contributed by atoms with Crippen LogP contribution in [0.15, 0.2) is 24.3 Å². The van der Waals surface area contributed by atoms with E-state index in [0.29, 0.717) is 0 Å². The van der Waals surface area contributed by atoms with Crippen molar-refractivity contribution in [3.8, 4) is 0 Å². The molecule has 0 spiro atoms. The highest BCUT2D eigenvalue weighted by atomic mass is 32.1. The summed E-state index contributed by atoms with van der Waals surface area (Å²) >= 11 is 5.42. The van der Waals surface area contributed by atoms with Gasteiger partial charge in [0.25, 0.3) is 0 Å². The molecule has 1 heterocycles. The Bertz CT molecular complexity index is 237. The van der Waals surface area contributed by atoms with Crippen molar-refractivity contribution in [1.82, 2.24) is 4.90 Å². The molecule has 0 aromatic rings. The standard InChI is InChI=1S/C12H19NS/c1-3-4-5-8-11(2)12(14)13-9-6-7-10-13/h3,8H,1,4-7,9-10H2,2H3/b11-8+. The van der Waals surface area contributed by atoms with Crippen LogP contribution in [-0.4, -0.2) is 23.0 Å². The first-order valence-corrected chi connectivity index (χ1v) is 5.73. The number of rotatable bonds is 4. The predicted molar refractivity (Wildman–Crippen MR) is 66.6 cm³/mol. The molecule has 0 radical (unpaired) electrons. The minimum absolute atomic E-state index is 1.04. The summed E-state index contributed by atoms with van der Waals surface area (Å²) < 4.78 is 0. The van der Waals surface area contributed by atoms with E-state index in [2.05, 4.69) is 24.5 Å². The van der Waals surface area contributed by atoms with Crippen LogP contribution in [0.25, 0.3) is 0 Å². The molecular weight excluding hydrogens is 190 g/mol. The molecule has 0 aromatic heterocycles. The topological polar surface area (TPSA) is 3.24 Å². The molecule has 2 heteroatoms. The maximum absolute atomic E-state index is 5.42. The molecule has 0 aliphatic carbocycles. The Hall–Kier alpha value is -0.630. The fourth-order valence-electron chi connectivity index (χ4n) is 1.67. The van der Waals surface area contributed by atoms with Gasteiger partial charge in [0.05, 0.1) is 0 Å². The monoisotopic (exact) mass is 209 g/mol. The molecule has 78 valence electrons. The van der Waals surface area contributed by atoms with E-state index in [1.165, 1.54) is 18.4 Å². The lowest BCUT2D eigenvalue weighted by molar-refractivity contribution is 0.529. The van der Waals surface area contributed by atoms with E-state index < -0.39 is 0 Å². The zero-order valence-corrected chi connectivity index (χ0v) is 9.78. The van der Waals surface area contributed by atoms with Crippen LogP contribution in [0.3, 0.4) is 0 Å². The predicted octanol–water partition coefficient (Wildman–Crippen LogP) is 3.32. The SMILES string of the molecule is C=CCC/C=C(\C)C(=S)N1CCCC1. The normalized spacial score (nSPS) is 17.2. The first kappa shape index (κ1) is 11.4. The molecule has 1 aliphatic heterocycles. The van der Waals surface area contributed by atoms with Gasteiger partial charge in [-0.05, 0) is 38.2 Å². The summed E-state index contributed by atoms with van der Waals surface area (Å²) in [5.41, 5.74) is 1.25. The van der Waals surface area contributed by atoms with Crippen LogP contribution < -0.4 is 0 Å². The molecule has 0 atom stereocenters. The first-order chi connectivity index (χ1) is 6.75. The van der Waals surface area contributed by atoms with Crippen LogP contribution in [0.4, 0.5) is 0 Å². The molecule has 1 rings (SSSR count). The van der Waals surface area contributed by atoms with Crippen molar-refractivity contribution >= 4 is 17.2 Å². The van der Waals surface area contributed by atoms with Crippen LogP contribution in [0.2, 0.25) is 0 Å². The smallest absolute Gasteiger partial charge is 0.104 e. The van der Waals surface area contributed by atoms with Crippen molar-refractivity contribution < 1.29 is 0 Å². The van der Waals surface area contributed by atoms with Crippen molar-refractivity contribution in [2.45, 2.75) is 32.6 Å². The summed E-state index contributed by atoms with van der Waals surface area (Å²) in [6.07, 6.45) is 8.86. The number of nitrogens with zero attached hydrogens (tertiary/aromatic N) is 1. The number of allylic oxidation sites excluding steroid dienone is 2. The minimum atomic E-state index is 1.04. The average molecular weight is 209 g/mol. The highest BCUT2D eigenvalue weighted by Gasteiger charge is 2.14. The van der Waals surface area contributed by atoms with Crippen molar-refractivity contribution in [3.05, 3.63) is 24.3 Å². The Morgan fingerprint density at radius 1 is 1.36 bits per heavy atom. The molecular formula is C12H19NS. The molecule has 0 N–H and O–H groups in total. The van der Waals surface area contributed by atoms with E-state index in [9.17, 15) is 0 Å². The quantitative estimate of drug-likeness (QED) is 0.302. The van der Waals surface area contributed by atoms with E-state index in [-0.39, 0.29) is 0 Å². The first-order valence-electron chi connectivity index (χ1n) is 5.32. The summed E-state index contributed by atoms with van der Waals surface area (Å²) in [7, 11) is 0. The molecule has 0 unspecified atom stereocenters. The second kappa shape index (κ2) is 5.97. The molecule has 1 saturated heterocycles. The lowest BCUT2D eigenvalue weighted by Crippen LogP contribution is -2.26. The van der Waals surface area contributed by atoms with Crippen LogP contribution >= 0.6 is 12.2 Å². The summed E-state index contributed by atoms with van der Waals surface area (Å²) in [6, 6.07) is 0. The van der Waals surface area contributed by atoms with Gasteiger partial charge in [0.2, 0.25) is 0 Å². The summed E-state index contributed by atoms with van der Waals surface area (Å²) in [4.78, 5) is 3.36. The van der Waals surface area contributed by atoms with Gasteiger partial charge in [-0.3, -0.25) is 0 Å². The lowest BCUT2D eigenvalue weighted by Gasteiger charge is -2.18. The average Bonchev–Trinajstić information content (AvgIpc) is 2.69. The van der Waals surface area contributed by atoms with E-state index in [1.807, 2.05) is 6.08 Å².